The van der Waals surface area contributed by atoms with Gasteiger partial charge in [0.15, 0.2) is 0 Å². The van der Waals surface area contributed by atoms with E-state index in [2.05, 4.69) is 9.97 Å². The highest BCUT2D eigenvalue weighted by atomic mass is 35.5. The summed E-state index contributed by atoms with van der Waals surface area (Å²) < 4.78 is 35.0. The van der Waals surface area contributed by atoms with Crippen LogP contribution in [0.15, 0.2) is 17.4 Å². The molecule has 0 radical (unpaired) electrons. The third-order valence-electron chi connectivity index (χ3n) is 6.07. The lowest BCUT2D eigenvalue weighted by Gasteiger charge is -2.43. The second-order valence-electron chi connectivity index (χ2n) is 8.27. The molecule has 194 valence electrons. The van der Waals surface area contributed by atoms with Gasteiger partial charge in [-0.3, -0.25) is 9.80 Å². The van der Waals surface area contributed by atoms with E-state index in [1.54, 1.807) is 0 Å². The minimum atomic E-state index is -3.76. The maximum absolute atomic E-state index is 14.0. The Kier molecular flexibility index (Phi) is 7.08. The van der Waals surface area contributed by atoms with Crippen molar-refractivity contribution >= 4 is 56.7 Å². The molecular formula is C21H23Cl2N5O7S. The second kappa shape index (κ2) is 9.79. The van der Waals surface area contributed by atoms with Crippen molar-refractivity contribution in [2.75, 3.05) is 43.4 Å². The van der Waals surface area contributed by atoms with E-state index in [9.17, 15) is 23.1 Å². The lowest BCUT2D eigenvalue weighted by Crippen LogP contribution is -2.56. The fourth-order valence-corrected chi connectivity index (χ4v) is 5.47. The average Bonchev–Trinajstić information content (AvgIpc) is 2.84. The number of sulfone groups is 1. The van der Waals surface area contributed by atoms with Gasteiger partial charge in [0, 0.05) is 43.2 Å². The van der Waals surface area contributed by atoms with E-state index in [0.717, 1.165) is 6.26 Å². The van der Waals surface area contributed by atoms with Crippen LogP contribution < -0.4 is 19.3 Å². The molecule has 1 N–H and O–H groups in total. The number of carbonyl (C=O) groups is 2. The number of carboxylic acid groups (broad SMARTS) is 1. The molecule has 12 nitrogen and oxygen atoms in total. The van der Waals surface area contributed by atoms with Gasteiger partial charge >= 0.3 is 12.1 Å². The molecule has 15 heteroatoms. The van der Waals surface area contributed by atoms with Gasteiger partial charge in [0.25, 0.3) is 0 Å². The third-order valence-corrected chi connectivity index (χ3v) is 7.66. The fourth-order valence-electron chi connectivity index (χ4n) is 4.27. The van der Waals surface area contributed by atoms with Crippen molar-refractivity contribution in [3.63, 3.8) is 0 Å². The minimum absolute atomic E-state index is 0.0571. The van der Waals surface area contributed by atoms with Crippen molar-refractivity contribution in [2.24, 2.45) is 0 Å². The van der Waals surface area contributed by atoms with Gasteiger partial charge in [-0.05, 0) is 12.8 Å². The van der Waals surface area contributed by atoms with Gasteiger partial charge in [-0.25, -0.2) is 28.0 Å². The summed E-state index contributed by atoms with van der Waals surface area (Å²) in [5.41, 5.74) is 0.599. The lowest BCUT2D eigenvalue weighted by atomic mass is 10.0. The zero-order chi connectivity index (χ0) is 26.4. The topological polar surface area (TPSA) is 142 Å². The summed E-state index contributed by atoms with van der Waals surface area (Å²) in [6, 6.07) is 0.466. The number of methoxy groups -OCH3 is 2. The Hall–Kier alpha value is -3.03. The van der Waals surface area contributed by atoms with E-state index >= 15 is 0 Å². The number of hydrogen-bond donors (Lipinski definition) is 1. The Bertz CT molecular complexity index is 1300. The lowest BCUT2D eigenvalue weighted by molar-refractivity contribution is 0.132. The van der Waals surface area contributed by atoms with Crippen LogP contribution in [0.1, 0.15) is 18.4 Å². The molecule has 1 fully saturated rings. The first kappa shape index (κ1) is 26.0. The van der Waals surface area contributed by atoms with E-state index in [4.69, 9.17) is 32.7 Å². The first-order valence-corrected chi connectivity index (χ1v) is 13.4. The summed E-state index contributed by atoms with van der Waals surface area (Å²) in [7, 11) is -0.937. The number of ether oxygens (including phenoxy) is 2. The summed E-state index contributed by atoms with van der Waals surface area (Å²) in [6.07, 6.45) is 1.89. The highest BCUT2D eigenvalue weighted by molar-refractivity contribution is 7.90. The predicted octanol–water partition coefficient (Wildman–Crippen LogP) is 3.29. The van der Waals surface area contributed by atoms with Gasteiger partial charge in [-0.2, -0.15) is 0 Å². The maximum atomic E-state index is 14.0. The normalized spacial score (nSPS) is 16.7. The molecule has 1 saturated heterocycles. The van der Waals surface area contributed by atoms with Crippen molar-refractivity contribution in [1.82, 2.24) is 14.9 Å². The van der Waals surface area contributed by atoms with Gasteiger partial charge in [-0.1, -0.05) is 23.2 Å². The van der Waals surface area contributed by atoms with Crippen LogP contribution in [0.4, 0.5) is 21.1 Å². The molecule has 0 spiro atoms. The number of halogens is 2. The molecule has 1 aromatic carbocycles. The Morgan fingerprint density at radius 1 is 1.14 bits per heavy atom. The number of urea groups is 1. The minimum Gasteiger partial charge on any atom is -0.495 e. The van der Waals surface area contributed by atoms with Crippen molar-refractivity contribution in [1.29, 1.82) is 0 Å². The van der Waals surface area contributed by atoms with Crippen LogP contribution in [-0.2, 0) is 16.4 Å². The zero-order valence-corrected chi connectivity index (χ0v) is 21.9. The summed E-state index contributed by atoms with van der Waals surface area (Å²) in [5.74, 6) is 0.607. The van der Waals surface area contributed by atoms with Crippen molar-refractivity contribution in [3.8, 4) is 11.5 Å². The molecule has 4 rings (SSSR count). The van der Waals surface area contributed by atoms with Gasteiger partial charge in [0.2, 0.25) is 15.0 Å². The number of fused-ring (bicyclic) bond motifs is 1. The standard InChI is InChI=1S/C21H23Cl2N5O7S/c1-34-13-8-14(35-2)16(23)17(15(13)22)27-10-11-9-24-19(36(3,32)33)25-18(11)28(20(27)29)12-4-6-26(7-5-12)21(30)31/h8-9,12H,4-7,10H2,1-3H3,(H,30,31). The molecule has 0 bridgehead atoms. The number of aromatic nitrogens is 2. The number of likely N-dealkylation sites (tertiary alicyclic amines) is 1. The Balaban J connectivity index is 1.86. The number of carbonyl (C=O) groups excluding carboxylic acids is 1. The molecule has 2 aliphatic heterocycles. The van der Waals surface area contributed by atoms with Crippen molar-refractivity contribution < 1.29 is 32.6 Å². The van der Waals surface area contributed by atoms with Gasteiger partial charge in [0.05, 0.1) is 26.5 Å². The number of rotatable bonds is 5. The molecule has 1 aromatic heterocycles. The predicted molar refractivity (Wildman–Crippen MR) is 131 cm³/mol. The quantitative estimate of drug-likeness (QED) is 0.545. The van der Waals surface area contributed by atoms with Crippen LogP contribution in [0, 0.1) is 0 Å². The summed E-state index contributed by atoms with van der Waals surface area (Å²) in [5, 5.41) is 9.05. The molecule has 36 heavy (non-hydrogen) atoms. The highest BCUT2D eigenvalue weighted by Gasteiger charge is 2.41. The Morgan fingerprint density at radius 2 is 1.72 bits per heavy atom. The first-order chi connectivity index (χ1) is 17.0. The summed E-state index contributed by atoms with van der Waals surface area (Å²) in [4.78, 5) is 37.5. The van der Waals surface area contributed by atoms with Crippen LogP contribution in [-0.4, -0.2) is 80.1 Å². The van der Waals surface area contributed by atoms with Crippen molar-refractivity contribution in [3.05, 3.63) is 27.9 Å². The van der Waals surface area contributed by atoms with Gasteiger partial charge < -0.3 is 19.5 Å². The summed E-state index contributed by atoms with van der Waals surface area (Å²) >= 11 is 13.2. The third kappa shape index (κ3) is 4.58. The highest BCUT2D eigenvalue weighted by Crippen LogP contribution is 2.48. The van der Waals surface area contributed by atoms with E-state index < -0.39 is 33.2 Å². The molecule has 0 saturated carbocycles. The van der Waals surface area contributed by atoms with Crippen LogP contribution in [0.2, 0.25) is 10.0 Å². The number of amides is 3. The number of anilines is 2. The average molecular weight is 560 g/mol. The monoisotopic (exact) mass is 559 g/mol. The largest absolute Gasteiger partial charge is 0.495 e. The van der Waals surface area contributed by atoms with Crippen molar-refractivity contribution in [2.45, 2.75) is 30.6 Å². The molecule has 2 aliphatic rings. The number of hydrogen-bond acceptors (Lipinski definition) is 8. The van der Waals surface area contributed by atoms with E-state index in [1.165, 1.54) is 41.2 Å². The van der Waals surface area contributed by atoms with Gasteiger partial charge in [-0.15, -0.1) is 0 Å². The first-order valence-electron chi connectivity index (χ1n) is 10.7. The van der Waals surface area contributed by atoms with Gasteiger partial charge in [0.1, 0.15) is 27.4 Å². The number of nitrogens with zero attached hydrogens (tertiary/aromatic N) is 5. The fraction of sp³-hybridized carbons (Fsp3) is 0.429. The van der Waals surface area contributed by atoms with Crippen LogP contribution in [0.3, 0.4) is 0 Å². The van der Waals surface area contributed by atoms with E-state index in [0.29, 0.717) is 18.4 Å². The van der Waals surface area contributed by atoms with E-state index in [-0.39, 0.29) is 52.7 Å². The molecule has 2 aromatic rings. The van der Waals surface area contributed by atoms with Crippen LogP contribution in [0.25, 0.3) is 0 Å². The van der Waals surface area contributed by atoms with E-state index in [1.807, 2.05) is 0 Å². The Labute approximate surface area is 217 Å². The molecule has 0 unspecified atom stereocenters. The number of benzene rings is 1. The SMILES string of the molecule is COc1cc(OC)c(Cl)c(N2Cc3cnc(S(C)(=O)=O)nc3N(C3CCN(C(=O)O)CC3)C2=O)c1Cl. The summed E-state index contributed by atoms with van der Waals surface area (Å²) in [6.45, 7) is 0.327. The molecule has 3 amide bonds. The molecule has 3 heterocycles. The molecule has 0 aliphatic carbocycles. The maximum Gasteiger partial charge on any atom is 0.407 e. The van der Waals surface area contributed by atoms with Crippen LogP contribution in [0.5, 0.6) is 11.5 Å². The number of piperidine rings is 1. The second-order valence-corrected chi connectivity index (χ2v) is 10.9. The smallest absolute Gasteiger partial charge is 0.407 e. The van der Waals surface area contributed by atoms with Crippen LogP contribution >= 0.6 is 23.2 Å². The molecule has 0 atom stereocenters. The zero-order valence-electron chi connectivity index (χ0n) is 19.6. The Morgan fingerprint density at radius 3 is 2.22 bits per heavy atom. The molecular weight excluding hydrogens is 537 g/mol.